The second-order valence-corrected chi connectivity index (χ2v) is 25.3. The van der Waals surface area contributed by atoms with E-state index in [0.717, 1.165) is 48.5 Å². The second kappa shape index (κ2) is 22.7. The minimum absolute atomic E-state index is 0.0308. The van der Waals surface area contributed by atoms with Crippen molar-refractivity contribution in [1.82, 2.24) is 0 Å². The van der Waals surface area contributed by atoms with Crippen LogP contribution in [0.5, 0.6) is 17.2 Å². The summed E-state index contributed by atoms with van der Waals surface area (Å²) in [4.78, 5) is -6.00. The number of hydrogen-bond donors (Lipinski definition) is 12. The molecule has 75 heavy (non-hydrogen) atoms. The molecule has 0 aliphatic carbocycles. The summed E-state index contributed by atoms with van der Waals surface area (Å²) in [6.45, 7) is 0. The molecule has 0 fully saturated rings. The van der Waals surface area contributed by atoms with E-state index in [9.17, 15) is 66.5 Å². The summed E-state index contributed by atoms with van der Waals surface area (Å²) in [5.74, 6) is -2.49. The van der Waals surface area contributed by atoms with E-state index in [4.69, 9.17) is 21.0 Å². The highest BCUT2D eigenvalue weighted by Crippen LogP contribution is 2.43. The third-order valence-electron chi connectivity index (χ3n) is 9.68. The Kier molecular flexibility index (Phi) is 17.4. The zero-order valence-corrected chi connectivity index (χ0v) is 43.1. The quantitative estimate of drug-likeness (QED) is 0.0134. The Morgan fingerprint density at radius 3 is 0.907 bits per heavy atom. The number of phenolic OH excluding ortho intramolecular Hbond substituents is 3. The van der Waals surface area contributed by atoms with E-state index < -0.39 is 120 Å². The molecule has 0 saturated carbocycles. The molecule has 0 atom stereocenters. The van der Waals surface area contributed by atoms with Gasteiger partial charge in [0, 0.05) is 41.8 Å². The van der Waals surface area contributed by atoms with Crippen molar-refractivity contribution in [2.45, 2.75) is 44.1 Å². The molecule has 0 heterocycles. The molecule has 7 aromatic carbocycles. The molecule has 30 nitrogen and oxygen atoms in total. The molecule has 0 aliphatic heterocycles. The maximum absolute atomic E-state index is 14.6. The average molecular weight is 1220 g/mol. The normalized spacial score (nSPS) is 12.7. The number of anilines is 3. The minimum atomic E-state index is -5.49. The first-order valence-corrected chi connectivity index (χ1v) is 29.2. The first-order valence-electron chi connectivity index (χ1n) is 18.9. The number of sulfonamides is 3. The van der Waals surface area contributed by atoms with Crippen molar-refractivity contribution in [2.24, 2.45) is 0 Å². The van der Waals surface area contributed by atoms with Crippen LogP contribution in [-0.4, -0.2) is 87.5 Å². The summed E-state index contributed by atoms with van der Waals surface area (Å²) in [5, 5.41) is 80.3. The zero-order valence-electron chi connectivity index (χ0n) is 35.7. The molecule has 7 aromatic rings. The summed E-state index contributed by atoms with van der Waals surface area (Å²) in [5.41, 5.74) is -2.07. The molecular formula is C36H27N3O27S9. The van der Waals surface area contributed by atoms with Gasteiger partial charge < -0.3 is 15.3 Å². The van der Waals surface area contributed by atoms with Crippen molar-refractivity contribution < 1.29 is 125 Å². The maximum atomic E-state index is 14.6. The fourth-order valence-electron chi connectivity index (χ4n) is 6.89. The van der Waals surface area contributed by atoms with Crippen molar-refractivity contribution in [2.75, 3.05) is 14.2 Å². The van der Waals surface area contributed by atoms with Crippen LogP contribution >= 0.6 is 48.2 Å². The highest BCUT2D eigenvalue weighted by Gasteiger charge is 2.30. The molecule has 0 saturated heterocycles. The molecule has 0 aromatic heterocycles. The number of aromatic hydroxyl groups is 3. The minimum Gasteiger partial charge on any atom is -0.507 e. The zero-order chi connectivity index (χ0) is 54.8. The van der Waals surface area contributed by atoms with E-state index in [1.54, 1.807) is 0 Å². The van der Waals surface area contributed by atoms with Crippen LogP contribution in [0.1, 0.15) is 0 Å². The molecule has 39 heteroatoms. The largest absolute Gasteiger partial charge is 0.507 e. The summed E-state index contributed by atoms with van der Waals surface area (Å²) in [7, 11) is -26.6. The van der Waals surface area contributed by atoms with Crippen molar-refractivity contribution in [1.29, 1.82) is 0 Å². The van der Waals surface area contributed by atoms with Gasteiger partial charge in [-0.2, -0.15) is 16.8 Å². The van der Waals surface area contributed by atoms with Gasteiger partial charge in [-0.1, -0.05) is 20.2 Å². The van der Waals surface area contributed by atoms with Gasteiger partial charge in [0.2, 0.25) is 0 Å². The number of rotatable bonds is 23. The Morgan fingerprint density at radius 1 is 0.333 bits per heavy atom. The Bertz CT molecular complexity index is 3980. The van der Waals surface area contributed by atoms with E-state index in [0.29, 0.717) is 42.4 Å². The topological polar surface area (TPSA) is 463 Å². The average Bonchev–Trinajstić information content (AvgIpc) is 3.32. The van der Waals surface area contributed by atoms with E-state index in [1.807, 2.05) is 9.44 Å². The second-order valence-electron chi connectivity index (χ2n) is 14.3. The van der Waals surface area contributed by atoms with Gasteiger partial charge in [-0.25, -0.2) is 46.3 Å². The molecule has 0 radical (unpaired) electrons. The molecular weight excluding hydrogens is 1190 g/mol. The van der Waals surface area contributed by atoms with Crippen molar-refractivity contribution in [3.05, 3.63) is 91.0 Å². The van der Waals surface area contributed by atoms with Gasteiger partial charge in [0.15, 0.2) is 0 Å². The Hall–Kier alpha value is -5.29. The van der Waals surface area contributed by atoms with E-state index >= 15 is 0 Å². The summed E-state index contributed by atoms with van der Waals surface area (Å²) in [6.07, 6.45) is 0. The molecule has 402 valence electrons. The highest BCUT2D eigenvalue weighted by molar-refractivity contribution is 7.96. The lowest BCUT2D eigenvalue weighted by molar-refractivity contribution is -0.432. The third-order valence-corrected chi connectivity index (χ3v) is 17.6. The van der Waals surface area contributed by atoms with Crippen LogP contribution in [0.25, 0.3) is 32.3 Å². The molecule has 0 unspecified atom stereocenters. The fourth-order valence-corrected chi connectivity index (χ4v) is 13.4. The van der Waals surface area contributed by atoms with Gasteiger partial charge >= 0.3 is 0 Å². The van der Waals surface area contributed by atoms with Crippen LogP contribution < -0.4 is 14.2 Å². The van der Waals surface area contributed by atoms with Crippen LogP contribution in [0.2, 0.25) is 0 Å². The summed E-state index contributed by atoms with van der Waals surface area (Å²) < 4.78 is 180. The maximum Gasteiger partial charge on any atom is 0.294 e. The standard InChI is InChI=1S/C36H27N3O27S9/c40-31-9-21(69-65-61-45)2-16-1-19(67-63-59-43)7-28(34(16)31)37-71(47,48)23-11-24(72(49,50)38-29-8-20(68-64-60-44)3-17-6-27(75(56,57)58)15-33(42)35(17)29)13-25(12-23)73(51,52)39-30-14-26(74(53,54)55)5-18-4-22(70-66-62-46)10-32(41)36(18)30/h1-15,37-46H,(H,53,54,55)(H,56,57,58). The van der Waals surface area contributed by atoms with Crippen LogP contribution in [0, 0.1) is 0 Å². The third kappa shape index (κ3) is 13.3. The number of hydrogen-bond acceptors (Lipinski definition) is 29. The number of phenols is 3. The molecule has 0 spiro atoms. The molecule has 0 amide bonds. The number of nitrogens with one attached hydrogen (secondary N) is 3. The van der Waals surface area contributed by atoms with Crippen LogP contribution in [0.3, 0.4) is 0 Å². The van der Waals surface area contributed by atoms with E-state index in [2.05, 4.69) is 42.2 Å². The first kappa shape index (κ1) is 57.4. The van der Waals surface area contributed by atoms with Gasteiger partial charge in [-0.3, -0.25) is 23.3 Å². The molecule has 7 rings (SSSR count). The number of benzene rings is 7. The Morgan fingerprint density at radius 2 is 0.600 bits per heavy atom. The lowest BCUT2D eigenvalue weighted by Gasteiger charge is -2.18. The lowest BCUT2D eigenvalue weighted by atomic mass is 10.1. The molecule has 0 aliphatic rings. The van der Waals surface area contributed by atoms with Crippen LogP contribution in [0.4, 0.5) is 17.1 Å². The summed E-state index contributed by atoms with van der Waals surface area (Å²) >= 11 is 1.10. The van der Waals surface area contributed by atoms with Gasteiger partial charge in [0.1, 0.15) is 17.2 Å². The van der Waals surface area contributed by atoms with Gasteiger partial charge in [-0.15, -0.1) is 17.3 Å². The Labute approximate surface area is 436 Å². The predicted molar refractivity (Wildman–Crippen MR) is 258 cm³/mol. The SMILES string of the molecule is O=S(=O)(O)c1cc(O)c2c(NS(=O)(=O)c3cc(S(=O)(=O)Nc4cc(SOOO)cc5cc(SOOO)cc(O)c45)cc(S(=O)(=O)Nc4cc(S(=O)(=O)O)cc5cc(SOOO)cc(O)c45)c3)cc(SOOO)cc2c1. The van der Waals surface area contributed by atoms with Crippen LogP contribution in [0.15, 0.2) is 135 Å². The predicted octanol–water partition coefficient (Wildman–Crippen LogP) is 6.87. The highest BCUT2D eigenvalue weighted by atomic mass is 32.2. The van der Waals surface area contributed by atoms with E-state index in [-0.39, 0.29) is 77.3 Å². The first-order chi connectivity index (χ1) is 35.2. The van der Waals surface area contributed by atoms with Gasteiger partial charge in [-0.05, 0) is 101 Å². The Balaban J connectivity index is 1.45. The van der Waals surface area contributed by atoms with Gasteiger partial charge in [0.05, 0.1) is 89.7 Å². The van der Waals surface area contributed by atoms with E-state index in [1.165, 1.54) is 12.1 Å². The van der Waals surface area contributed by atoms with Crippen molar-refractivity contribution >= 4 is 148 Å². The smallest absolute Gasteiger partial charge is 0.294 e. The van der Waals surface area contributed by atoms with Crippen molar-refractivity contribution in [3.8, 4) is 17.2 Å². The summed E-state index contributed by atoms with van der Waals surface area (Å²) in [6, 6.07) is 12.2. The fraction of sp³-hybridized carbons (Fsp3) is 0. The number of fused-ring (bicyclic) bond motifs is 3. The monoisotopic (exact) mass is 1220 g/mol. The lowest BCUT2D eigenvalue weighted by Crippen LogP contribution is -2.20. The van der Waals surface area contributed by atoms with Gasteiger partial charge in [0.25, 0.3) is 50.3 Å². The molecule has 0 bridgehead atoms. The van der Waals surface area contributed by atoms with Crippen LogP contribution in [-0.2, 0) is 87.8 Å². The molecule has 12 N–H and O–H groups in total. The van der Waals surface area contributed by atoms with Crippen molar-refractivity contribution in [3.63, 3.8) is 0 Å².